The van der Waals surface area contributed by atoms with E-state index < -0.39 is 11.3 Å². The Morgan fingerprint density at radius 2 is 1.46 bits per heavy atom. The van der Waals surface area contributed by atoms with Gasteiger partial charge in [-0.2, -0.15) is 0 Å². The standard InChI is InChI=1S/C20H16O4/c1-5-10-6-4-7-11(10)16(21)20-9-3-2-8(19(5,20)14(6)15(7)20)12-13(9)18(23)24-17(12)22/h2-3,6-15H,1,4H2/t6?,7?,8-,9+,10?,11?,12+,13-,14?,15?,19?,20?/m1/s1. The van der Waals surface area contributed by atoms with Crippen LogP contribution in [-0.4, -0.2) is 17.7 Å². The minimum Gasteiger partial charge on any atom is -0.393 e. The first kappa shape index (κ1) is 11.8. The zero-order valence-corrected chi connectivity index (χ0v) is 13.0. The molecule has 8 unspecified atom stereocenters. The summed E-state index contributed by atoms with van der Waals surface area (Å²) >= 11 is 0. The lowest BCUT2D eigenvalue weighted by molar-refractivity contribution is -0.244. The normalized spacial score (nSPS) is 70.3. The van der Waals surface area contributed by atoms with Crippen LogP contribution in [0.3, 0.4) is 0 Å². The molecule has 1 saturated heterocycles. The number of allylic oxidation sites excluding steroid dienone is 3. The highest BCUT2D eigenvalue weighted by molar-refractivity contribution is 6.04. The first-order valence-corrected chi connectivity index (χ1v) is 9.25. The van der Waals surface area contributed by atoms with Gasteiger partial charge in [0, 0.05) is 28.6 Å². The fourth-order valence-corrected chi connectivity index (χ4v) is 10.3. The molecule has 0 aromatic carbocycles. The molecule has 6 saturated carbocycles. The van der Waals surface area contributed by atoms with E-state index in [-0.39, 0.29) is 41.0 Å². The van der Waals surface area contributed by atoms with Crippen molar-refractivity contribution < 1.29 is 19.1 Å². The van der Waals surface area contributed by atoms with E-state index in [4.69, 9.17) is 4.74 Å². The van der Waals surface area contributed by atoms with E-state index in [1.165, 1.54) is 12.0 Å². The number of cyclic esters (lactones) is 2. The molecular weight excluding hydrogens is 304 g/mol. The molecule has 0 aromatic heterocycles. The summed E-state index contributed by atoms with van der Waals surface area (Å²) in [6, 6.07) is 0. The van der Waals surface area contributed by atoms with Crippen LogP contribution in [0.1, 0.15) is 6.42 Å². The average molecular weight is 320 g/mol. The molecule has 9 rings (SSSR count). The predicted molar refractivity (Wildman–Crippen MR) is 78.8 cm³/mol. The highest BCUT2D eigenvalue weighted by Crippen LogP contribution is 2.97. The molecule has 4 bridgehead atoms. The molecule has 0 aromatic rings. The van der Waals surface area contributed by atoms with Crippen LogP contribution in [-0.2, 0) is 19.1 Å². The van der Waals surface area contributed by atoms with Crippen molar-refractivity contribution >= 4 is 17.7 Å². The van der Waals surface area contributed by atoms with Gasteiger partial charge >= 0.3 is 11.9 Å². The Bertz CT molecular complexity index is 829. The molecule has 4 heteroatoms. The summed E-state index contributed by atoms with van der Waals surface area (Å²) in [5.74, 6) is 1.32. The Hall–Kier alpha value is -1.71. The van der Waals surface area contributed by atoms with Crippen molar-refractivity contribution in [3.05, 3.63) is 24.3 Å². The lowest BCUT2D eigenvalue weighted by Crippen LogP contribution is -2.77. The van der Waals surface area contributed by atoms with Gasteiger partial charge in [-0.25, -0.2) is 0 Å². The summed E-state index contributed by atoms with van der Waals surface area (Å²) in [4.78, 5) is 38.5. The van der Waals surface area contributed by atoms with Crippen molar-refractivity contribution in [2.24, 2.45) is 70.0 Å². The Morgan fingerprint density at radius 3 is 2.17 bits per heavy atom. The van der Waals surface area contributed by atoms with Gasteiger partial charge in [-0.15, -0.1) is 0 Å². The molecule has 0 amide bonds. The third-order valence-electron chi connectivity index (χ3n) is 10.0. The smallest absolute Gasteiger partial charge is 0.318 e. The van der Waals surface area contributed by atoms with Crippen molar-refractivity contribution in [2.75, 3.05) is 0 Å². The molecule has 1 heterocycles. The SMILES string of the molecule is C=C1C2C3CC4C2C(=O)C25C4C3C12[C@@H]1C=C[C@H]5[C@H]2C(=O)OC(=O)[C@H]21. The molecule has 12 atom stereocenters. The zero-order chi connectivity index (χ0) is 15.9. The lowest BCUT2D eigenvalue weighted by atomic mass is 9.25. The fraction of sp³-hybridized carbons (Fsp3) is 0.650. The number of hydrogen-bond donors (Lipinski definition) is 0. The molecule has 4 nitrogen and oxygen atoms in total. The van der Waals surface area contributed by atoms with Crippen LogP contribution in [0.15, 0.2) is 24.3 Å². The maximum atomic E-state index is 13.7. The quantitative estimate of drug-likeness (QED) is 0.384. The van der Waals surface area contributed by atoms with E-state index in [1.54, 1.807) is 0 Å². The maximum Gasteiger partial charge on any atom is 0.318 e. The van der Waals surface area contributed by atoms with Gasteiger partial charge < -0.3 is 4.74 Å². The number of ether oxygens (including phenoxy) is 1. The summed E-state index contributed by atoms with van der Waals surface area (Å²) in [6.45, 7) is 4.53. The van der Waals surface area contributed by atoms with Crippen LogP contribution in [0.5, 0.6) is 0 Å². The number of hydrogen-bond acceptors (Lipinski definition) is 4. The summed E-state index contributed by atoms with van der Waals surface area (Å²) < 4.78 is 5.06. The molecule has 9 aliphatic rings. The molecule has 120 valence electrons. The van der Waals surface area contributed by atoms with Gasteiger partial charge in [-0.3, -0.25) is 14.4 Å². The highest BCUT2D eigenvalue weighted by Gasteiger charge is 2.98. The van der Waals surface area contributed by atoms with Crippen molar-refractivity contribution in [3.8, 4) is 0 Å². The minimum absolute atomic E-state index is 0.0468. The summed E-state index contributed by atoms with van der Waals surface area (Å²) in [7, 11) is 0. The zero-order valence-electron chi connectivity index (χ0n) is 13.0. The van der Waals surface area contributed by atoms with E-state index >= 15 is 0 Å². The Balaban J connectivity index is 1.52. The Kier molecular flexibility index (Phi) is 1.36. The Morgan fingerprint density at radius 1 is 0.875 bits per heavy atom. The molecular formula is C20H16O4. The van der Waals surface area contributed by atoms with Crippen molar-refractivity contribution in [2.45, 2.75) is 6.42 Å². The first-order chi connectivity index (χ1) is 11.6. The van der Waals surface area contributed by atoms with E-state index in [2.05, 4.69) is 18.7 Å². The highest BCUT2D eigenvalue weighted by atomic mass is 16.6. The number of carbonyl (C=O) groups excluding carboxylic acids is 3. The minimum atomic E-state index is -0.425. The van der Waals surface area contributed by atoms with Crippen molar-refractivity contribution in [1.82, 2.24) is 0 Å². The fourth-order valence-electron chi connectivity index (χ4n) is 10.3. The number of ketones is 1. The second-order valence-corrected chi connectivity index (χ2v) is 9.52. The monoisotopic (exact) mass is 320 g/mol. The van der Waals surface area contributed by atoms with Gasteiger partial charge in [-0.1, -0.05) is 24.3 Å². The second-order valence-electron chi connectivity index (χ2n) is 9.52. The molecule has 0 radical (unpaired) electrons. The van der Waals surface area contributed by atoms with E-state index in [0.717, 1.165) is 0 Å². The number of carbonyl (C=O) groups is 3. The summed E-state index contributed by atoms with van der Waals surface area (Å²) in [5.41, 5.74) is 0.620. The van der Waals surface area contributed by atoms with Gasteiger partial charge in [0.05, 0.1) is 11.8 Å². The summed E-state index contributed by atoms with van der Waals surface area (Å²) in [6.07, 6.45) is 5.42. The number of fused-ring (bicyclic) bond motifs is 1. The van der Waals surface area contributed by atoms with Crippen LogP contribution in [0, 0.1) is 70.0 Å². The van der Waals surface area contributed by atoms with E-state index in [1.807, 2.05) is 0 Å². The van der Waals surface area contributed by atoms with Gasteiger partial charge in [0.1, 0.15) is 5.78 Å². The van der Waals surface area contributed by atoms with Gasteiger partial charge in [-0.05, 0) is 36.0 Å². The van der Waals surface area contributed by atoms with E-state index in [0.29, 0.717) is 35.4 Å². The molecule has 24 heavy (non-hydrogen) atoms. The molecule has 0 N–H and O–H groups in total. The van der Waals surface area contributed by atoms with Gasteiger partial charge in [0.25, 0.3) is 0 Å². The first-order valence-electron chi connectivity index (χ1n) is 9.25. The van der Waals surface area contributed by atoms with Crippen LogP contribution >= 0.6 is 0 Å². The maximum absolute atomic E-state index is 13.7. The van der Waals surface area contributed by atoms with Crippen LogP contribution in [0.25, 0.3) is 0 Å². The largest absolute Gasteiger partial charge is 0.393 e. The van der Waals surface area contributed by atoms with Crippen LogP contribution < -0.4 is 0 Å². The predicted octanol–water partition coefficient (Wildman–Crippen LogP) is 1.37. The third kappa shape index (κ3) is 0.644. The van der Waals surface area contributed by atoms with Crippen molar-refractivity contribution in [3.63, 3.8) is 0 Å². The molecule has 1 aliphatic heterocycles. The molecule has 2 spiro atoms. The average Bonchev–Trinajstić information content (AvgIpc) is 3.18. The number of esters is 2. The molecule has 8 aliphatic carbocycles. The van der Waals surface area contributed by atoms with Gasteiger partial charge in [0.2, 0.25) is 0 Å². The third-order valence-corrected chi connectivity index (χ3v) is 10.0. The topological polar surface area (TPSA) is 60.4 Å². The van der Waals surface area contributed by atoms with Crippen LogP contribution in [0.4, 0.5) is 0 Å². The van der Waals surface area contributed by atoms with E-state index in [9.17, 15) is 14.4 Å². The Labute approximate surface area is 138 Å². The molecule has 7 fully saturated rings. The number of rotatable bonds is 0. The van der Waals surface area contributed by atoms with Crippen molar-refractivity contribution in [1.29, 1.82) is 0 Å². The second kappa shape index (κ2) is 2.77. The summed E-state index contributed by atoms with van der Waals surface area (Å²) in [5, 5.41) is 0. The number of Topliss-reactive ketones (excluding diaryl/α,β-unsaturated/α-hetero) is 1. The lowest BCUT2D eigenvalue weighted by Gasteiger charge is -2.74. The van der Waals surface area contributed by atoms with Crippen LogP contribution in [0.2, 0.25) is 0 Å². The van der Waals surface area contributed by atoms with Gasteiger partial charge in [0.15, 0.2) is 0 Å².